The van der Waals surface area contributed by atoms with Crippen LogP contribution in [0.2, 0.25) is 0 Å². The van der Waals surface area contributed by atoms with E-state index < -0.39 is 0 Å². The van der Waals surface area contributed by atoms with Gasteiger partial charge in [-0.05, 0) is 13.3 Å². The third kappa shape index (κ3) is 1.89. The summed E-state index contributed by atoms with van der Waals surface area (Å²) < 4.78 is 4.66. The van der Waals surface area contributed by atoms with E-state index in [2.05, 4.69) is 4.74 Å². The molecule has 0 aliphatic carbocycles. The van der Waals surface area contributed by atoms with Gasteiger partial charge in [-0.3, -0.25) is 9.59 Å². The first-order valence-electron chi connectivity index (χ1n) is 4.99. The molecule has 2 atom stereocenters. The second kappa shape index (κ2) is 4.44. The zero-order chi connectivity index (χ0) is 10.7. The van der Waals surface area contributed by atoms with Gasteiger partial charge in [0, 0.05) is 19.0 Å². The van der Waals surface area contributed by atoms with E-state index in [4.69, 9.17) is 0 Å². The SMILES string of the molecule is CCCN1C(=O)CC(C(=O)OC)C1C. The lowest BCUT2D eigenvalue weighted by Crippen LogP contribution is -2.35. The van der Waals surface area contributed by atoms with E-state index in [0.29, 0.717) is 6.42 Å². The van der Waals surface area contributed by atoms with Gasteiger partial charge in [0.1, 0.15) is 0 Å². The number of hydrogen-bond acceptors (Lipinski definition) is 3. The molecule has 1 aliphatic rings. The fourth-order valence-electron chi connectivity index (χ4n) is 1.92. The molecule has 0 saturated carbocycles. The van der Waals surface area contributed by atoms with Crippen LogP contribution >= 0.6 is 0 Å². The Balaban J connectivity index is 2.68. The minimum absolute atomic E-state index is 0.0186. The molecule has 14 heavy (non-hydrogen) atoms. The Bertz CT molecular complexity index is 240. The van der Waals surface area contributed by atoms with Crippen molar-refractivity contribution < 1.29 is 14.3 Å². The number of carbonyl (C=O) groups excluding carboxylic acids is 2. The highest BCUT2D eigenvalue weighted by molar-refractivity contribution is 5.87. The van der Waals surface area contributed by atoms with Crippen molar-refractivity contribution in [3.8, 4) is 0 Å². The Labute approximate surface area is 84.2 Å². The topological polar surface area (TPSA) is 46.6 Å². The fraction of sp³-hybridized carbons (Fsp3) is 0.800. The Hall–Kier alpha value is -1.06. The van der Waals surface area contributed by atoms with Crippen molar-refractivity contribution in [2.75, 3.05) is 13.7 Å². The van der Waals surface area contributed by atoms with Crippen LogP contribution in [-0.2, 0) is 14.3 Å². The molecule has 1 amide bonds. The molecule has 80 valence electrons. The average Bonchev–Trinajstić information content (AvgIpc) is 2.45. The molecule has 4 heteroatoms. The van der Waals surface area contributed by atoms with Crippen molar-refractivity contribution in [3.05, 3.63) is 0 Å². The zero-order valence-electron chi connectivity index (χ0n) is 8.95. The summed E-state index contributed by atoms with van der Waals surface area (Å²) in [5.41, 5.74) is 0. The largest absolute Gasteiger partial charge is 0.469 e. The molecule has 4 nitrogen and oxygen atoms in total. The molecule has 2 unspecified atom stereocenters. The van der Waals surface area contributed by atoms with Gasteiger partial charge in [0.2, 0.25) is 5.91 Å². The van der Waals surface area contributed by atoms with E-state index >= 15 is 0 Å². The summed E-state index contributed by atoms with van der Waals surface area (Å²) in [4.78, 5) is 24.6. The number of esters is 1. The standard InChI is InChI=1S/C10H17NO3/c1-4-5-11-7(2)8(6-9(11)12)10(13)14-3/h7-8H,4-6H2,1-3H3. The average molecular weight is 199 g/mol. The summed E-state index contributed by atoms with van der Waals surface area (Å²) in [6.07, 6.45) is 1.22. The van der Waals surface area contributed by atoms with Crippen LogP contribution in [0.5, 0.6) is 0 Å². The quantitative estimate of drug-likeness (QED) is 0.632. The van der Waals surface area contributed by atoms with Gasteiger partial charge in [0.15, 0.2) is 0 Å². The van der Waals surface area contributed by atoms with E-state index in [9.17, 15) is 9.59 Å². The lowest BCUT2D eigenvalue weighted by molar-refractivity contribution is -0.146. The van der Waals surface area contributed by atoms with Gasteiger partial charge < -0.3 is 9.64 Å². The molecule has 0 spiro atoms. The monoisotopic (exact) mass is 199 g/mol. The van der Waals surface area contributed by atoms with Crippen LogP contribution in [-0.4, -0.2) is 36.5 Å². The van der Waals surface area contributed by atoms with Crippen molar-refractivity contribution in [2.45, 2.75) is 32.7 Å². The molecule has 1 heterocycles. The number of hydrogen-bond donors (Lipinski definition) is 0. The summed E-state index contributed by atoms with van der Waals surface area (Å²) >= 11 is 0. The second-order valence-corrected chi connectivity index (χ2v) is 3.66. The van der Waals surface area contributed by atoms with Crippen molar-refractivity contribution in [1.29, 1.82) is 0 Å². The smallest absolute Gasteiger partial charge is 0.311 e. The number of nitrogens with zero attached hydrogens (tertiary/aromatic N) is 1. The summed E-state index contributed by atoms with van der Waals surface area (Å²) in [6.45, 7) is 4.65. The van der Waals surface area contributed by atoms with Crippen LogP contribution in [0.3, 0.4) is 0 Å². The summed E-state index contributed by atoms with van der Waals surface area (Å²) in [6, 6.07) is -0.0186. The Morgan fingerprint density at radius 2 is 2.29 bits per heavy atom. The van der Waals surface area contributed by atoms with Crippen molar-refractivity contribution in [1.82, 2.24) is 4.90 Å². The molecule has 1 saturated heterocycles. The third-order valence-electron chi connectivity index (χ3n) is 2.76. The number of carbonyl (C=O) groups is 2. The molecule has 0 aromatic carbocycles. The van der Waals surface area contributed by atoms with Crippen molar-refractivity contribution in [3.63, 3.8) is 0 Å². The Morgan fingerprint density at radius 3 is 2.79 bits per heavy atom. The third-order valence-corrected chi connectivity index (χ3v) is 2.76. The van der Waals surface area contributed by atoms with Crippen molar-refractivity contribution >= 4 is 11.9 Å². The first-order valence-corrected chi connectivity index (χ1v) is 4.99. The van der Waals surface area contributed by atoms with E-state index in [1.165, 1.54) is 7.11 Å². The molecule has 1 rings (SSSR count). The first kappa shape index (κ1) is 11.0. The van der Waals surface area contributed by atoms with Gasteiger partial charge in [-0.25, -0.2) is 0 Å². The molecular formula is C10H17NO3. The zero-order valence-corrected chi connectivity index (χ0v) is 8.95. The lowest BCUT2D eigenvalue weighted by Gasteiger charge is -2.22. The first-order chi connectivity index (χ1) is 6.61. The summed E-state index contributed by atoms with van der Waals surface area (Å²) in [5, 5.41) is 0. The highest BCUT2D eigenvalue weighted by Gasteiger charge is 2.40. The van der Waals surface area contributed by atoms with Crippen LogP contribution in [0.15, 0.2) is 0 Å². The molecule has 0 radical (unpaired) electrons. The maximum atomic E-state index is 11.5. The molecule has 0 aromatic heterocycles. The predicted octanol–water partition coefficient (Wildman–Crippen LogP) is 0.806. The summed E-state index contributed by atoms with van der Waals surface area (Å²) in [5.74, 6) is -0.488. The summed E-state index contributed by atoms with van der Waals surface area (Å²) in [7, 11) is 1.36. The number of likely N-dealkylation sites (tertiary alicyclic amines) is 1. The number of amides is 1. The highest BCUT2D eigenvalue weighted by atomic mass is 16.5. The maximum absolute atomic E-state index is 11.5. The highest BCUT2D eigenvalue weighted by Crippen LogP contribution is 2.26. The van der Waals surface area contributed by atoms with Crippen LogP contribution in [0.25, 0.3) is 0 Å². The number of methoxy groups -OCH3 is 1. The molecule has 1 aliphatic heterocycles. The minimum atomic E-state index is -0.279. The normalized spacial score (nSPS) is 26.8. The second-order valence-electron chi connectivity index (χ2n) is 3.66. The molecular weight excluding hydrogens is 182 g/mol. The van der Waals surface area contributed by atoms with E-state index in [1.54, 1.807) is 4.90 Å². The van der Waals surface area contributed by atoms with Crippen LogP contribution < -0.4 is 0 Å². The minimum Gasteiger partial charge on any atom is -0.469 e. The maximum Gasteiger partial charge on any atom is 0.311 e. The van der Waals surface area contributed by atoms with Gasteiger partial charge >= 0.3 is 5.97 Å². The van der Waals surface area contributed by atoms with Crippen LogP contribution in [0, 0.1) is 5.92 Å². The predicted molar refractivity (Wildman–Crippen MR) is 51.6 cm³/mol. The Morgan fingerprint density at radius 1 is 1.64 bits per heavy atom. The number of rotatable bonds is 3. The lowest BCUT2D eigenvalue weighted by atomic mass is 10.0. The van der Waals surface area contributed by atoms with Gasteiger partial charge in [-0.1, -0.05) is 6.92 Å². The van der Waals surface area contributed by atoms with E-state index in [-0.39, 0.29) is 23.8 Å². The fourth-order valence-corrected chi connectivity index (χ4v) is 1.92. The molecule has 1 fully saturated rings. The van der Waals surface area contributed by atoms with Gasteiger partial charge in [-0.15, -0.1) is 0 Å². The van der Waals surface area contributed by atoms with Crippen LogP contribution in [0.4, 0.5) is 0 Å². The number of ether oxygens (including phenoxy) is 1. The van der Waals surface area contributed by atoms with E-state index in [0.717, 1.165) is 13.0 Å². The molecule has 0 N–H and O–H groups in total. The van der Waals surface area contributed by atoms with Crippen molar-refractivity contribution in [2.24, 2.45) is 5.92 Å². The molecule has 0 aromatic rings. The van der Waals surface area contributed by atoms with Crippen LogP contribution in [0.1, 0.15) is 26.7 Å². The van der Waals surface area contributed by atoms with Gasteiger partial charge in [0.25, 0.3) is 0 Å². The van der Waals surface area contributed by atoms with E-state index in [1.807, 2.05) is 13.8 Å². The van der Waals surface area contributed by atoms with Gasteiger partial charge in [-0.2, -0.15) is 0 Å². The Kier molecular flexibility index (Phi) is 3.49. The van der Waals surface area contributed by atoms with Gasteiger partial charge in [0.05, 0.1) is 13.0 Å². The molecule has 0 bridgehead atoms.